The van der Waals surface area contributed by atoms with E-state index in [9.17, 15) is 24.3 Å². The molecule has 10 nitrogen and oxygen atoms in total. The van der Waals surface area contributed by atoms with Gasteiger partial charge in [0.05, 0.1) is 30.6 Å². The van der Waals surface area contributed by atoms with Gasteiger partial charge in [-0.05, 0) is 24.8 Å². The Bertz CT molecular complexity index is 1260. The molecule has 5 aliphatic rings. The summed E-state index contributed by atoms with van der Waals surface area (Å²) in [5.74, 6) is -3.15. The van der Waals surface area contributed by atoms with Gasteiger partial charge in [-0.3, -0.25) is 19.2 Å². The monoisotopic (exact) mass is 577 g/mol. The van der Waals surface area contributed by atoms with Crippen molar-refractivity contribution >= 4 is 23.7 Å². The fourth-order valence-corrected chi connectivity index (χ4v) is 7.49. The van der Waals surface area contributed by atoms with Crippen molar-refractivity contribution in [3.05, 3.63) is 60.2 Å². The molecule has 10 heteroatoms. The van der Waals surface area contributed by atoms with Gasteiger partial charge in [0, 0.05) is 25.6 Å². The third-order valence-electron chi connectivity index (χ3n) is 9.46. The average molecular weight is 578 g/mol. The molecule has 224 valence electrons. The molecule has 1 aromatic rings. The Balaban J connectivity index is 1.39. The molecule has 2 N–H and O–H groups in total. The number of nitrogens with zero attached hydrogens (tertiary/aromatic N) is 2. The number of allylic oxidation sites excluding steroid dienone is 1. The van der Waals surface area contributed by atoms with Gasteiger partial charge in [-0.15, -0.1) is 0 Å². The van der Waals surface area contributed by atoms with E-state index in [1.54, 1.807) is 12.2 Å². The van der Waals surface area contributed by atoms with E-state index in [4.69, 9.17) is 9.47 Å². The molecule has 0 radical (unpaired) electrons. The molecule has 42 heavy (non-hydrogen) atoms. The Morgan fingerprint density at radius 2 is 1.79 bits per heavy atom. The number of aliphatic hydroxyl groups excluding tert-OH is 1. The molecule has 6 rings (SSSR count). The Kier molecular flexibility index (Phi) is 8.18. The number of benzene rings is 1. The summed E-state index contributed by atoms with van der Waals surface area (Å²) in [4.78, 5) is 58.4. The zero-order valence-corrected chi connectivity index (χ0v) is 23.7. The predicted molar refractivity (Wildman–Crippen MR) is 152 cm³/mol. The molecule has 3 amide bonds. The van der Waals surface area contributed by atoms with Crippen molar-refractivity contribution in [2.24, 2.45) is 11.8 Å². The molecule has 1 aliphatic carbocycles. The molecule has 6 atom stereocenters. The number of nitrogens with one attached hydrogen (secondary N) is 1. The van der Waals surface area contributed by atoms with Crippen LogP contribution in [0.1, 0.15) is 56.6 Å². The molecule has 1 saturated carbocycles. The van der Waals surface area contributed by atoms with E-state index >= 15 is 0 Å². The third kappa shape index (κ3) is 5.04. The highest BCUT2D eigenvalue weighted by Gasteiger charge is 2.73. The summed E-state index contributed by atoms with van der Waals surface area (Å²) in [6.45, 7) is -0.0544. The van der Waals surface area contributed by atoms with E-state index in [0.29, 0.717) is 13.0 Å². The fraction of sp³-hybridized carbons (Fsp3) is 0.562. The van der Waals surface area contributed by atoms with Crippen molar-refractivity contribution in [2.75, 3.05) is 26.3 Å². The van der Waals surface area contributed by atoms with Crippen LogP contribution in [0.4, 0.5) is 0 Å². The minimum Gasteiger partial charge on any atom is -0.463 e. The van der Waals surface area contributed by atoms with Gasteiger partial charge in [0.1, 0.15) is 18.2 Å². The second-order valence-electron chi connectivity index (χ2n) is 11.9. The van der Waals surface area contributed by atoms with Crippen LogP contribution < -0.4 is 5.32 Å². The summed E-state index contributed by atoms with van der Waals surface area (Å²) in [5.41, 5.74) is -0.531. The Morgan fingerprint density at radius 1 is 1.00 bits per heavy atom. The normalized spacial score (nSPS) is 34.8. The average Bonchev–Trinajstić information content (AvgIpc) is 3.65. The van der Waals surface area contributed by atoms with Crippen molar-refractivity contribution in [1.29, 1.82) is 0 Å². The van der Waals surface area contributed by atoms with Crippen molar-refractivity contribution in [2.45, 2.75) is 74.8 Å². The van der Waals surface area contributed by atoms with Crippen molar-refractivity contribution in [1.82, 2.24) is 15.1 Å². The number of amides is 3. The zero-order valence-electron chi connectivity index (χ0n) is 23.7. The van der Waals surface area contributed by atoms with Crippen LogP contribution in [0.3, 0.4) is 0 Å². The number of carbonyl (C=O) groups excluding carboxylic acids is 4. The number of hydrogen-bond acceptors (Lipinski definition) is 7. The van der Waals surface area contributed by atoms with Gasteiger partial charge < -0.3 is 29.7 Å². The Hall–Kier alpha value is -3.50. The first-order valence-electron chi connectivity index (χ1n) is 15.2. The number of hydrogen-bond donors (Lipinski definition) is 2. The second-order valence-corrected chi connectivity index (χ2v) is 11.9. The number of cyclic esters (lactones) is 1. The van der Waals surface area contributed by atoms with Crippen molar-refractivity contribution < 1.29 is 33.8 Å². The second kappa shape index (κ2) is 12.0. The van der Waals surface area contributed by atoms with Crippen LogP contribution in [0.2, 0.25) is 0 Å². The van der Waals surface area contributed by atoms with Crippen LogP contribution >= 0.6 is 0 Å². The van der Waals surface area contributed by atoms with E-state index in [1.165, 1.54) is 4.90 Å². The first-order chi connectivity index (χ1) is 20.4. The van der Waals surface area contributed by atoms with Crippen molar-refractivity contribution in [3.8, 4) is 0 Å². The van der Waals surface area contributed by atoms with Gasteiger partial charge in [-0.25, -0.2) is 0 Å². The number of fused-ring (bicyclic) bond motifs is 2. The maximum atomic E-state index is 14.6. The SMILES string of the molecule is O=C1CC/C=C\CN(C2CCCCC2)C(=O)[C@H]2N(CCO)C(=O)[C@@H]3[C@@H](C(=O)N[C@@H](c4ccccc4)CO1)[C@H]1C=C[C@]32O1. The molecule has 1 aromatic carbocycles. The topological polar surface area (TPSA) is 125 Å². The van der Waals surface area contributed by atoms with E-state index in [2.05, 4.69) is 5.32 Å². The largest absolute Gasteiger partial charge is 0.463 e. The molecular weight excluding hydrogens is 538 g/mol. The summed E-state index contributed by atoms with van der Waals surface area (Å²) in [5, 5.41) is 13.0. The number of esters is 1. The fourth-order valence-electron chi connectivity index (χ4n) is 7.49. The number of β-amino-alcohol motifs (C(OH)–C–C–N with tert-alkyl or cyclic N) is 1. The Morgan fingerprint density at radius 3 is 2.55 bits per heavy atom. The zero-order chi connectivity index (χ0) is 29.3. The first kappa shape index (κ1) is 28.6. The molecule has 2 saturated heterocycles. The molecule has 4 aliphatic heterocycles. The highest BCUT2D eigenvalue weighted by Crippen LogP contribution is 2.55. The maximum absolute atomic E-state index is 14.6. The summed E-state index contributed by atoms with van der Waals surface area (Å²) < 4.78 is 12.1. The van der Waals surface area contributed by atoms with Crippen LogP contribution in [-0.4, -0.2) is 88.7 Å². The lowest BCUT2D eigenvalue weighted by atomic mass is 9.74. The minimum atomic E-state index is -1.30. The van der Waals surface area contributed by atoms with Crippen LogP contribution in [0.5, 0.6) is 0 Å². The predicted octanol–water partition coefficient (Wildman–Crippen LogP) is 2.04. The van der Waals surface area contributed by atoms with Crippen LogP contribution in [-0.2, 0) is 28.7 Å². The van der Waals surface area contributed by atoms with Gasteiger partial charge in [-0.2, -0.15) is 0 Å². The first-order valence-corrected chi connectivity index (χ1v) is 15.2. The lowest BCUT2D eigenvalue weighted by molar-refractivity contribution is -0.149. The van der Waals surface area contributed by atoms with E-state index in [0.717, 1.165) is 37.7 Å². The third-order valence-corrected chi connectivity index (χ3v) is 9.46. The molecular formula is C32H39N3O7. The van der Waals surface area contributed by atoms with E-state index in [-0.39, 0.29) is 50.0 Å². The Labute approximate surface area is 245 Å². The number of ether oxygens (including phenoxy) is 2. The van der Waals surface area contributed by atoms with Crippen LogP contribution in [0, 0.1) is 11.8 Å². The van der Waals surface area contributed by atoms with E-state index < -0.39 is 41.5 Å². The summed E-state index contributed by atoms with van der Waals surface area (Å²) in [7, 11) is 0. The van der Waals surface area contributed by atoms with Crippen LogP contribution in [0.15, 0.2) is 54.6 Å². The molecule has 4 heterocycles. The quantitative estimate of drug-likeness (QED) is 0.415. The number of aliphatic hydroxyl groups is 1. The summed E-state index contributed by atoms with van der Waals surface area (Å²) in [6.07, 6.45) is 12.2. The molecule has 1 spiro atoms. The van der Waals surface area contributed by atoms with E-state index in [1.807, 2.05) is 47.4 Å². The van der Waals surface area contributed by atoms with Crippen molar-refractivity contribution in [3.63, 3.8) is 0 Å². The molecule has 3 fully saturated rings. The van der Waals surface area contributed by atoms with Gasteiger partial charge >= 0.3 is 5.97 Å². The number of rotatable bonds is 4. The number of carbonyl (C=O) groups is 4. The highest BCUT2D eigenvalue weighted by atomic mass is 16.5. The lowest BCUT2D eigenvalue weighted by Gasteiger charge is -2.40. The molecule has 5 bridgehead atoms. The lowest BCUT2D eigenvalue weighted by Crippen LogP contribution is -2.58. The van der Waals surface area contributed by atoms with Gasteiger partial charge in [0.15, 0.2) is 0 Å². The maximum Gasteiger partial charge on any atom is 0.306 e. The summed E-state index contributed by atoms with van der Waals surface area (Å²) in [6, 6.07) is 7.65. The highest BCUT2D eigenvalue weighted by molar-refractivity contribution is 6.00. The molecule has 0 unspecified atom stereocenters. The molecule has 0 aromatic heterocycles. The van der Waals surface area contributed by atoms with Gasteiger partial charge in [-0.1, -0.05) is 73.9 Å². The van der Waals surface area contributed by atoms with Crippen LogP contribution in [0.25, 0.3) is 0 Å². The van der Waals surface area contributed by atoms with Gasteiger partial charge in [0.2, 0.25) is 17.7 Å². The number of likely N-dealkylation sites (tertiary alicyclic amines) is 1. The minimum absolute atomic E-state index is 0.0118. The standard InChI is InChI=1S/C32H39N3O7/c36-19-18-35-28-31(40)34(22-12-6-2-7-13-22)17-9-3-8-14-25(37)41-20-23(21-10-4-1-5-11-21)33-29(38)26-24-15-16-32(28,42-24)27(26)30(35)39/h1,3-5,9-11,15-16,22-24,26-28,36H,2,6-8,12-14,17-20H2,(H,33,38)/b9-3-/t23-,24-,26+,27+,28-,32+/m1/s1. The smallest absolute Gasteiger partial charge is 0.306 e. The van der Waals surface area contributed by atoms with Gasteiger partial charge in [0.25, 0.3) is 0 Å². The summed E-state index contributed by atoms with van der Waals surface area (Å²) >= 11 is 0.